The molecule has 0 N–H and O–H groups in total. The van der Waals surface area contributed by atoms with E-state index < -0.39 is 0 Å². The number of halogens is 1. The highest BCUT2D eigenvalue weighted by atomic mass is 79.9. The summed E-state index contributed by atoms with van der Waals surface area (Å²) < 4.78 is 1.09. The highest BCUT2D eigenvalue weighted by molar-refractivity contribution is 9.10. The molecule has 0 saturated carbocycles. The largest absolute Gasteiger partial charge is 0.306 e. The van der Waals surface area contributed by atoms with Crippen LogP contribution >= 0.6 is 15.9 Å². The van der Waals surface area contributed by atoms with E-state index in [0.717, 1.165) is 10.2 Å². The molecule has 0 radical (unpaired) electrons. The van der Waals surface area contributed by atoms with Gasteiger partial charge in [0.2, 0.25) is 0 Å². The minimum absolute atomic E-state index is 0.0733. The predicted octanol–water partition coefficient (Wildman–Crippen LogP) is 8.34. The molecule has 0 fully saturated rings. The van der Waals surface area contributed by atoms with Crippen LogP contribution in [0, 0.1) is 0 Å². The number of rotatable bonds is 1. The molecule has 0 aliphatic carbocycles. The molecule has 2 aliphatic rings. The van der Waals surface area contributed by atoms with Crippen LogP contribution in [-0.2, 0) is 5.41 Å². The SMILES string of the molecule is CC1(C)c2ccccc2N2c3ccccc3N(c3ccc(Br)cc3)c3cccc1c32. The van der Waals surface area contributed by atoms with E-state index >= 15 is 0 Å². The molecule has 0 bridgehead atoms. The van der Waals surface area contributed by atoms with Crippen molar-refractivity contribution in [3.8, 4) is 0 Å². The topological polar surface area (TPSA) is 6.48 Å². The number of hydrogen-bond donors (Lipinski definition) is 0. The Morgan fingerprint density at radius 1 is 0.567 bits per heavy atom. The molecule has 0 saturated heterocycles. The lowest BCUT2D eigenvalue weighted by atomic mass is 9.72. The average Bonchev–Trinajstić information content (AvgIpc) is 2.77. The van der Waals surface area contributed by atoms with E-state index in [1.54, 1.807) is 0 Å². The first-order valence-electron chi connectivity index (χ1n) is 10.3. The van der Waals surface area contributed by atoms with E-state index in [2.05, 4.69) is 131 Å². The van der Waals surface area contributed by atoms with Crippen LogP contribution in [0.1, 0.15) is 25.0 Å². The zero-order valence-electron chi connectivity index (χ0n) is 16.9. The molecule has 6 rings (SSSR count). The van der Waals surface area contributed by atoms with Gasteiger partial charge in [0.25, 0.3) is 0 Å². The summed E-state index contributed by atoms with van der Waals surface area (Å²) in [6, 6.07) is 32.8. The van der Waals surface area contributed by atoms with Crippen molar-refractivity contribution in [3.05, 3.63) is 107 Å². The van der Waals surface area contributed by atoms with Crippen molar-refractivity contribution < 1.29 is 0 Å². The zero-order chi connectivity index (χ0) is 20.5. The fourth-order valence-corrected chi connectivity index (χ4v) is 5.27. The van der Waals surface area contributed by atoms with Gasteiger partial charge in [0.15, 0.2) is 0 Å². The van der Waals surface area contributed by atoms with Gasteiger partial charge in [-0.1, -0.05) is 72.2 Å². The molecule has 146 valence electrons. The lowest BCUT2D eigenvalue weighted by molar-refractivity contribution is 0.631. The van der Waals surface area contributed by atoms with Crippen LogP contribution in [0.4, 0.5) is 34.1 Å². The fraction of sp³-hybridized carbons (Fsp3) is 0.111. The molecule has 2 nitrogen and oxygen atoms in total. The first kappa shape index (κ1) is 17.8. The highest BCUT2D eigenvalue weighted by Crippen LogP contribution is 2.61. The quantitative estimate of drug-likeness (QED) is 0.252. The Bertz CT molecular complexity index is 1290. The zero-order valence-corrected chi connectivity index (χ0v) is 18.5. The Balaban J connectivity index is 1.72. The third-order valence-electron chi connectivity index (χ3n) is 6.42. The summed E-state index contributed by atoms with van der Waals surface area (Å²) >= 11 is 3.58. The van der Waals surface area contributed by atoms with Crippen molar-refractivity contribution in [2.75, 3.05) is 9.80 Å². The van der Waals surface area contributed by atoms with Crippen LogP contribution in [0.25, 0.3) is 0 Å². The van der Waals surface area contributed by atoms with E-state index in [9.17, 15) is 0 Å². The Kier molecular flexibility index (Phi) is 3.69. The molecule has 0 unspecified atom stereocenters. The molecule has 3 heteroatoms. The smallest absolute Gasteiger partial charge is 0.0744 e. The maximum atomic E-state index is 3.58. The molecule has 0 spiro atoms. The first-order valence-corrected chi connectivity index (χ1v) is 11.0. The second-order valence-corrected chi connectivity index (χ2v) is 9.37. The van der Waals surface area contributed by atoms with Crippen molar-refractivity contribution in [3.63, 3.8) is 0 Å². The van der Waals surface area contributed by atoms with Gasteiger partial charge in [0.05, 0.1) is 28.4 Å². The van der Waals surface area contributed by atoms with Crippen LogP contribution in [0.2, 0.25) is 0 Å². The Labute approximate surface area is 185 Å². The number of nitrogens with zero attached hydrogens (tertiary/aromatic N) is 2. The standard InChI is InChI=1S/C27H21BrN2/c1-27(2)20-8-3-4-10-22(20)30-24-12-6-5-11-23(24)29(19-16-14-18(28)15-17-19)25-13-7-9-21(27)26(25)30/h3-17H,1-2H3. The molecule has 0 atom stereocenters. The van der Waals surface area contributed by atoms with Gasteiger partial charge in [-0.15, -0.1) is 0 Å². The summed E-state index contributed by atoms with van der Waals surface area (Å²) in [6.45, 7) is 4.67. The summed E-state index contributed by atoms with van der Waals surface area (Å²) in [6.07, 6.45) is 0. The number of hydrogen-bond acceptors (Lipinski definition) is 2. The van der Waals surface area contributed by atoms with Gasteiger partial charge in [-0.05, 0) is 59.7 Å². The van der Waals surface area contributed by atoms with E-state index in [1.807, 2.05) is 0 Å². The van der Waals surface area contributed by atoms with Gasteiger partial charge < -0.3 is 9.80 Å². The molecule has 2 heterocycles. The Hall–Kier alpha value is -3.04. The van der Waals surface area contributed by atoms with Crippen molar-refractivity contribution in [2.24, 2.45) is 0 Å². The lowest BCUT2D eigenvalue weighted by Crippen LogP contribution is -2.34. The minimum atomic E-state index is -0.0733. The van der Waals surface area contributed by atoms with E-state index in [1.165, 1.54) is 39.6 Å². The monoisotopic (exact) mass is 452 g/mol. The van der Waals surface area contributed by atoms with Crippen LogP contribution in [0.15, 0.2) is 95.5 Å². The minimum Gasteiger partial charge on any atom is -0.306 e. The molecule has 0 amide bonds. The summed E-state index contributed by atoms with van der Waals surface area (Å²) in [5, 5.41) is 0. The average molecular weight is 453 g/mol. The van der Waals surface area contributed by atoms with Crippen LogP contribution in [-0.4, -0.2) is 0 Å². The fourth-order valence-electron chi connectivity index (χ4n) is 5.00. The van der Waals surface area contributed by atoms with Gasteiger partial charge in [-0.25, -0.2) is 0 Å². The van der Waals surface area contributed by atoms with Crippen molar-refractivity contribution in [1.29, 1.82) is 0 Å². The molecular weight excluding hydrogens is 432 g/mol. The van der Waals surface area contributed by atoms with Gasteiger partial charge in [0.1, 0.15) is 0 Å². The van der Waals surface area contributed by atoms with Gasteiger partial charge in [0, 0.05) is 15.6 Å². The van der Waals surface area contributed by atoms with E-state index in [-0.39, 0.29) is 5.41 Å². The van der Waals surface area contributed by atoms with E-state index in [0.29, 0.717) is 0 Å². The summed E-state index contributed by atoms with van der Waals surface area (Å²) in [7, 11) is 0. The highest BCUT2D eigenvalue weighted by Gasteiger charge is 2.42. The van der Waals surface area contributed by atoms with Gasteiger partial charge in [-0.2, -0.15) is 0 Å². The predicted molar refractivity (Wildman–Crippen MR) is 129 cm³/mol. The molecule has 4 aromatic rings. The van der Waals surface area contributed by atoms with Crippen molar-refractivity contribution in [1.82, 2.24) is 0 Å². The number of anilines is 6. The Morgan fingerprint density at radius 2 is 1.13 bits per heavy atom. The number of benzene rings is 4. The normalized spacial score (nSPS) is 15.3. The first-order chi connectivity index (χ1) is 14.6. The molecule has 0 aromatic heterocycles. The van der Waals surface area contributed by atoms with Crippen LogP contribution in [0.5, 0.6) is 0 Å². The van der Waals surface area contributed by atoms with Gasteiger partial charge >= 0.3 is 0 Å². The summed E-state index contributed by atoms with van der Waals surface area (Å²) in [4.78, 5) is 4.84. The van der Waals surface area contributed by atoms with E-state index in [4.69, 9.17) is 0 Å². The summed E-state index contributed by atoms with van der Waals surface area (Å²) in [5.41, 5.74) is 9.98. The molecule has 2 aliphatic heterocycles. The second-order valence-electron chi connectivity index (χ2n) is 8.45. The third kappa shape index (κ3) is 2.30. The van der Waals surface area contributed by atoms with Gasteiger partial charge in [-0.3, -0.25) is 0 Å². The lowest BCUT2D eigenvalue weighted by Gasteiger charge is -2.48. The molecule has 30 heavy (non-hydrogen) atoms. The number of fused-ring (bicyclic) bond motifs is 4. The molecule has 4 aromatic carbocycles. The maximum absolute atomic E-state index is 3.58. The molecular formula is C27H21BrN2. The van der Waals surface area contributed by atoms with Crippen LogP contribution in [0.3, 0.4) is 0 Å². The summed E-state index contributed by atoms with van der Waals surface area (Å²) in [5.74, 6) is 0. The second kappa shape index (κ2) is 6.23. The Morgan fingerprint density at radius 3 is 1.87 bits per heavy atom. The number of para-hydroxylation sites is 4. The van der Waals surface area contributed by atoms with Crippen LogP contribution < -0.4 is 9.80 Å². The van der Waals surface area contributed by atoms with Crippen molar-refractivity contribution >= 4 is 50.1 Å². The maximum Gasteiger partial charge on any atom is 0.0744 e. The third-order valence-corrected chi connectivity index (χ3v) is 6.95. The van der Waals surface area contributed by atoms with Crippen molar-refractivity contribution in [2.45, 2.75) is 19.3 Å².